The predicted molar refractivity (Wildman–Crippen MR) is 110 cm³/mol. The van der Waals surface area contributed by atoms with Crippen LogP contribution in [0.15, 0.2) is 28.9 Å². The van der Waals surface area contributed by atoms with Gasteiger partial charge >= 0.3 is 0 Å². The molecule has 1 aromatic rings. The first kappa shape index (κ1) is 20.7. The Hall–Kier alpha value is -2.58. The van der Waals surface area contributed by atoms with E-state index >= 15 is 0 Å². The number of nitrogens with one attached hydrogen (secondary N) is 1. The molecule has 3 aliphatic rings. The lowest BCUT2D eigenvalue weighted by atomic mass is 9.94. The molecular weight excluding hydrogens is 410 g/mol. The molecule has 2 heterocycles. The number of amides is 3. The standard InChI is InChI=1S/C21H24ClN3O5/c22-16-17(21(29)25(20(16)28)13-5-2-1-3-6-13)23-15-8-4-7-14(18(15)26)19(27)24-9-11-30-12-10-24/h4,7-8,13,23,26H,1-3,5-6,9-12H2. The van der Waals surface area contributed by atoms with Crippen LogP contribution < -0.4 is 5.32 Å². The van der Waals surface area contributed by atoms with E-state index in [4.69, 9.17) is 16.3 Å². The Labute approximate surface area is 179 Å². The number of rotatable bonds is 4. The fourth-order valence-electron chi connectivity index (χ4n) is 4.19. The highest BCUT2D eigenvalue weighted by Crippen LogP contribution is 2.35. The molecule has 2 fully saturated rings. The summed E-state index contributed by atoms with van der Waals surface area (Å²) < 4.78 is 5.26. The maximum Gasteiger partial charge on any atom is 0.279 e. The number of benzene rings is 1. The second kappa shape index (κ2) is 8.65. The van der Waals surface area contributed by atoms with E-state index in [1.165, 1.54) is 17.0 Å². The molecular formula is C21H24ClN3O5. The molecule has 0 aromatic heterocycles. The van der Waals surface area contributed by atoms with E-state index < -0.39 is 11.8 Å². The van der Waals surface area contributed by atoms with Crippen LogP contribution in [0.2, 0.25) is 0 Å². The number of nitrogens with zero attached hydrogens (tertiary/aromatic N) is 2. The molecule has 2 aliphatic heterocycles. The van der Waals surface area contributed by atoms with Crippen molar-refractivity contribution >= 4 is 35.0 Å². The number of anilines is 1. The predicted octanol–water partition coefficient (Wildman–Crippen LogP) is 2.43. The number of hydrogen-bond donors (Lipinski definition) is 2. The van der Waals surface area contributed by atoms with Crippen molar-refractivity contribution in [3.05, 3.63) is 34.5 Å². The molecule has 0 radical (unpaired) electrons. The molecule has 1 saturated carbocycles. The average Bonchev–Trinajstić information content (AvgIpc) is 2.99. The number of morpholine rings is 1. The van der Waals surface area contributed by atoms with Crippen molar-refractivity contribution in [1.29, 1.82) is 0 Å². The number of carbonyl (C=O) groups excluding carboxylic acids is 3. The molecule has 30 heavy (non-hydrogen) atoms. The first-order valence-corrected chi connectivity index (χ1v) is 10.6. The van der Waals surface area contributed by atoms with Crippen LogP contribution in [0.25, 0.3) is 0 Å². The molecule has 8 nitrogen and oxygen atoms in total. The Bertz CT molecular complexity index is 904. The van der Waals surface area contributed by atoms with Crippen molar-refractivity contribution < 1.29 is 24.2 Å². The van der Waals surface area contributed by atoms with Crippen LogP contribution in [0, 0.1) is 0 Å². The average molecular weight is 434 g/mol. The van der Waals surface area contributed by atoms with Gasteiger partial charge in [0.15, 0.2) is 5.75 Å². The van der Waals surface area contributed by atoms with Gasteiger partial charge in [-0.2, -0.15) is 0 Å². The molecule has 9 heteroatoms. The van der Waals surface area contributed by atoms with Crippen molar-refractivity contribution in [3.8, 4) is 5.75 Å². The minimum Gasteiger partial charge on any atom is -0.505 e. The summed E-state index contributed by atoms with van der Waals surface area (Å²) in [5, 5.41) is 13.3. The number of ether oxygens (including phenoxy) is 1. The summed E-state index contributed by atoms with van der Waals surface area (Å²) >= 11 is 6.20. The van der Waals surface area contributed by atoms with Crippen LogP contribution in [0.3, 0.4) is 0 Å². The highest BCUT2D eigenvalue weighted by molar-refractivity contribution is 6.48. The van der Waals surface area contributed by atoms with Gasteiger partial charge in [-0.25, -0.2) is 0 Å². The van der Waals surface area contributed by atoms with E-state index in [2.05, 4.69) is 5.32 Å². The van der Waals surface area contributed by atoms with Gasteiger partial charge in [0.2, 0.25) is 0 Å². The number of carbonyl (C=O) groups is 3. The van der Waals surface area contributed by atoms with Crippen molar-refractivity contribution in [3.63, 3.8) is 0 Å². The van der Waals surface area contributed by atoms with E-state index in [1.807, 2.05) is 0 Å². The number of phenolic OH excluding ortho intramolecular Hbond substituents is 1. The molecule has 0 atom stereocenters. The molecule has 3 amide bonds. The lowest BCUT2D eigenvalue weighted by Crippen LogP contribution is -2.42. The molecule has 4 rings (SSSR count). The molecule has 1 saturated heterocycles. The highest BCUT2D eigenvalue weighted by atomic mass is 35.5. The Morgan fingerprint density at radius 1 is 1.10 bits per heavy atom. The molecule has 1 aromatic carbocycles. The number of halogens is 1. The van der Waals surface area contributed by atoms with Crippen molar-refractivity contribution in [1.82, 2.24) is 9.80 Å². The normalized spacial score (nSPS) is 20.8. The van der Waals surface area contributed by atoms with Gasteiger partial charge in [-0.3, -0.25) is 19.3 Å². The Balaban J connectivity index is 1.56. The number of hydrogen-bond acceptors (Lipinski definition) is 6. The zero-order valence-electron chi connectivity index (χ0n) is 16.5. The Morgan fingerprint density at radius 3 is 2.50 bits per heavy atom. The van der Waals surface area contributed by atoms with Gasteiger partial charge in [0, 0.05) is 19.1 Å². The monoisotopic (exact) mass is 433 g/mol. The third kappa shape index (κ3) is 3.77. The SMILES string of the molecule is O=C(c1cccc(NC2=C(Cl)C(=O)N(C3CCCCC3)C2=O)c1O)N1CCOCC1. The van der Waals surface area contributed by atoms with Crippen LogP contribution in [-0.2, 0) is 14.3 Å². The minimum absolute atomic E-state index is 0.0708. The number of aromatic hydroxyl groups is 1. The maximum atomic E-state index is 12.9. The maximum absolute atomic E-state index is 12.9. The van der Waals surface area contributed by atoms with Crippen molar-refractivity contribution in [2.45, 2.75) is 38.1 Å². The van der Waals surface area contributed by atoms with Crippen molar-refractivity contribution in [2.75, 3.05) is 31.6 Å². The first-order valence-electron chi connectivity index (χ1n) is 10.2. The van der Waals surface area contributed by atoms with Gasteiger partial charge < -0.3 is 20.1 Å². The third-order valence-corrected chi connectivity index (χ3v) is 6.17. The molecule has 160 valence electrons. The third-order valence-electron chi connectivity index (χ3n) is 5.82. The fraction of sp³-hybridized carbons (Fsp3) is 0.476. The number of phenols is 1. The van der Waals surface area contributed by atoms with E-state index in [-0.39, 0.29) is 39.7 Å². The molecule has 0 spiro atoms. The first-order chi connectivity index (χ1) is 14.5. The number of para-hydroxylation sites is 1. The molecule has 2 N–H and O–H groups in total. The van der Waals surface area contributed by atoms with Crippen molar-refractivity contribution in [2.24, 2.45) is 0 Å². The smallest absolute Gasteiger partial charge is 0.279 e. The fourth-order valence-corrected chi connectivity index (χ4v) is 4.41. The summed E-state index contributed by atoms with van der Waals surface area (Å²) in [7, 11) is 0. The van der Waals surface area contributed by atoms with Crippen LogP contribution in [-0.4, -0.2) is 65.0 Å². The van der Waals surface area contributed by atoms with Gasteiger partial charge in [-0.05, 0) is 25.0 Å². The molecule has 0 unspecified atom stereocenters. The van der Waals surface area contributed by atoms with E-state index in [9.17, 15) is 19.5 Å². The number of imide groups is 1. The molecule has 1 aliphatic carbocycles. The highest BCUT2D eigenvalue weighted by Gasteiger charge is 2.42. The second-order valence-corrected chi connectivity index (χ2v) is 8.07. The largest absolute Gasteiger partial charge is 0.505 e. The summed E-state index contributed by atoms with van der Waals surface area (Å²) in [5.41, 5.74) is 0.187. The van der Waals surface area contributed by atoms with Crippen LogP contribution in [0.4, 0.5) is 5.69 Å². The Kier molecular flexibility index (Phi) is 5.97. The van der Waals surface area contributed by atoms with Crippen LogP contribution >= 0.6 is 11.6 Å². The Morgan fingerprint density at radius 2 is 1.80 bits per heavy atom. The molecule has 0 bridgehead atoms. The van der Waals surface area contributed by atoms with Gasteiger partial charge in [0.1, 0.15) is 10.7 Å². The topological polar surface area (TPSA) is 99.2 Å². The van der Waals surface area contributed by atoms with Gasteiger partial charge in [-0.15, -0.1) is 0 Å². The van der Waals surface area contributed by atoms with Crippen LogP contribution in [0.5, 0.6) is 5.75 Å². The van der Waals surface area contributed by atoms with Crippen LogP contribution in [0.1, 0.15) is 42.5 Å². The summed E-state index contributed by atoms with van der Waals surface area (Å²) in [6, 6.07) is 4.49. The zero-order chi connectivity index (χ0) is 21.3. The van der Waals surface area contributed by atoms with E-state index in [1.54, 1.807) is 11.0 Å². The van der Waals surface area contributed by atoms with E-state index in [0.29, 0.717) is 26.3 Å². The lowest BCUT2D eigenvalue weighted by Gasteiger charge is -2.29. The van der Waals surface area contributed by atoms with Gasteiger partial charge in [-0.1, -0.05) is 36.9 Å². The second-order valence-electron chi connectivity index (χ2n) is 7.69. The quantitative estimate of drug-likeness (QED) is 0.559. The summed E-state index contributed by atoms with van der Waals surface area (Å²) in [4.78, 5) is 41.2. The lowest BCUT2D eigenvalue weighted by molar-refractivity contribution is -0.140. The summed E-state index contributed by atoms with van der Waals surface area (Å²) in [6.07, 6.45) is 4.56. The van der Waals surface area contributed by atoms with Gasteiger partial charge in [0.05, 0.1) is 24.5 Å². The summed E-state index contributed by atoms with van der Waals surface area (Å²) in [5.74, 6) is -1.63. The zero-order valence-corrected chi connectivity index (χ0v) is 17.3. The minimum atomic E-state index is -0.517. The summed E-state index contributed by atoms with van der Waals surface area (Å²) in [6.45, 7) is 1.77. The van der Waals surface area contributed by atoms with E-state index in [0.717, 1.165) is 32.1 Å². The van der Waals surface area contributed by atoms with Gasteiger partial charge in [0.25, 0.3) is 17.7 Å².